The molecule has 126 valence electrons. The Morgan fingerprint density at radius 1 is 1.13 bits per heavy atom. The van der Waals surface area contributed by atoms with Crippen molar-refractivity contribution in [3.8, 4) is 0 Å². The average Bonchev–Trinajstić information content (AvgIpc) is 3.37. The fraction of sp³-hybridized carbons (Fsp3) is 0.562. The molecule has 1 amide bonds. The van der Waals surface area contributed by atoms with Gasteiger partial charge in [-0.1, -0.05) is 6.07 Å². The molecule has 1 saturated heterocycles. The van der Waals surface area contributed by atoms with E-state index in [1.54, 1.807) is 17.0 Å². The van der Waals surface area contributed by atoms with Crippen LogP contribution < -0.4 is 10.0 Å². The van der Waals surface area contributed by atoms with E-state index in [0.29, 0.717) is 24.7 Å². The molecule has 2 N–H and O–H groups in total. The van der Waals surface area contributed by atoms with E-state index in [0.717, 1.165) is 25.7 Å². The molecule has 0 spiro atoms. The summed E-state index contributed by atoms with van der Waals surface area (Å²) >= 11 is 0. The number of sulfonamides is 1. The van der Waals surface area contributed by atoms with Gasteiger partial charge in [-0.2, -0.15) is 0 Å². The molecule has 0 unspecified atom stereocenters. The van der Waals surface area contributed by atoms with Gasteiger partial charge in [-0.15, -0.1) is 0 Å². The van der Waals surface area contributed by atoms with Crippen LogP contribution in [0.25, 0.3) is 0 Å². The first-order chi connectivity index (χ1) is 11.0. The molecule has 7 heteroatoms. The summed E-state index contributed by atoms with van der Waals surface area (Å²) in [6, 6.07) is 6.84. The van der Waals surface area contributed by atoms with Crippen molar-refractivity contribution in [1.29, 1.82) is 0 Å². The summed E-state index contributed by atoms with van der Waals surface area (Å²) in [5.74, 6) is -0.0944. The largest absolute Gasteiger partial charge is 0.339 e. The van der Waals surface area contributed by atoms with Gasteiger partial charge in [0.05, 0.1) is 4.90 Å². The van der Waals surface area contributed by atoms with Crippen LogP contribution in [0.5, 0.6) is 0 Å². The maximum Gasteiger partial charge on any atom is 0.253 e. The Morgan fingerprint density at radius 3 is 2.43 bits per heavy atom. The van der Waals surface area contributed by atoms with Crippen LogP contribution in [0.2, 0.25) is 0 Å². The lowest BCUT2D eigenvalue weighted by Gasteiger charge is -2.31. The zero-order valence-corrected chi connectivity index (χ0v) is 14.1. The number of likely N-dealkylation sites (tertiary alicyclic amines) is 1. The third kappa shape index (κ3) is 3.91. The number of nitrogens with one attached hydrogen (secondary N) is 2. The summed E-state index contributed by atoms with van der Waals surface area (Å²) in [4.78, 5) is 14.6. The quantitative estimate of drug-likeness (QED) is 0.839. The molecule has 2 fully saturated rings. The first kappa shape index (κ1) is 16.4. The number of amides is 1. The molecule has 6 nitrogen and oxygen atoms in total. The van der Waals surface area contributed by atoms with E-state index in [-0.39, 0.29) is 16.8 Å². The molecule has 1 aromatic rings. The Hall–Kier alpha value is -1.44. The van der Waals surface area contributed by atoms with Crippen molar-refractivity contribution in [1.82, 2.24) is 14.9 Å². The summed E-state index contributed by atoms with van der Waals surface area (Å²) in [5.41, 5.74) is 0.437. The van der Waals surface area contributed by atoms with Gasteiger partial charge in [0.15, 0.2) is 0 Å². The van der Waals surface area contributed by atoms with Crippen LogP contribution in [0.15, 0.2) is 29.2 Å². The summed E-state index contributed by atoms with van der Waals surface area (Å²) in [6.07, 6.45) is 3.61. The lowest BCUT2D eigenvalue weighted by atomic mass is 10.0. The van der Waals surface area contributed by atoms with E-state index in [1.807, 2.05) is 7.05 Å². The molecule has 1 aromatic carbocycles. The molecule has 0 atom stereocenters. The molecule has 1 heterocycles. The van der Waals surface area contributed by atoms with Gasteiger partial charge in [-0.25, -0.2) is 13.1 Å². The molecular formula is C16H23N3O3S. The second-order valence-corrected chi connectivity index (χ2v) is 7.99. The maximum absolute atomic E-state index is 12.6. The molecule has 1 aliphatic carbocycles. The van der Waals surface area contributed by atoms with E-state index in [4.69, 9.17) is 0 Å². The van der Waals surface area contributed by atoms with Crippen molar-refractivity contribution < 1.29 is 13.2 Å². The number of carbonyl (C=O) groups excluding carboxylic acids is 1. The summed E-state index contributed by atoms with van der Waals surface area (Å²) in [7, 11) is -1.59. The van der Waals surface area contributed by atoms with Crippen LogP contribution in [0, 0.1) is 0 Å². The van der Waals surface area contributed by atoms with Crippen molar-refractivity contribution in [2.45, 2.75) is 42.7 Å². The van der Waals surface area contributed by atoms with Gasteiger partial charge < -0.3 is 10.2 Å². The third-order valence-electron chi connectivity index (χ3n) is 4.48. The van der Waals surface area contributed by atoms with Crippen LogP contribution in [0.4, 0.5) is 0 Å². The molecular weight excluding hydrogens is 314 g/mol. The molecule has 0 radical (unpaired) electrons. The number of rotatable bonds is 5. The molecule has 3 rings (SSSR count). The first-order valence-electron chi connectivity index (χ1n) is 8.08. The zero-order valence-electron chi connectivity index (χ0n) is 13.3. The highest BCUT2D eigenvalue weighted by Crippen LogP contribution is 2.23. The summed E-state index contributed by atoms with van der Waals surface area (Å²) in [6.45, 7) is 1.39. The average molecular weight is 337 g/mol. The maximum atomic E-state index is 12.6. The minimum atomic E-state index is -3.53. The molecule has 2 aliphatic rings. The molecule has 1 saturated carbocycles. The van der Waals surface area contributed by atoms with E-state index in [2.05, 4.69) is 10.0 Å². The number of benzene rings is 1. The SMILES string of the molecule is CNC1CCN(C(=O)c2cccc(S(=O)(=O)NC3CC3)c2)CC1. The standard InChI is InChI=1S/C16H23N3O3S/c1-17-13-7-9-19(10-8-13)16(20)12-3-2-4-15(11-12)23(21,22)18-14-5-6-14/h2-4,11,13-14,17-18H,5-10H2,1H3. The molecule has 0 aromatic heterocycles. The number of hydrogen-bond acceptors (Lipinski definition) is 4. The summed E-state index contributed by atoms with van der Waals surface area (Å²) in [5, 5.41) is 3.23. The second-order valence-electron chi connectivity index (χ2n) is 6.28. The van der Waals surface area contributed by atoms with Gasteiger partial charge in [0.2, 0.25) is 10.0 Å². The highest BCUT2D eigenvalue weighted by molar-refractivity contribution is 7.89. The van der Waals surface area contributed by atoms with E-state index >= 15 is 0 Å². The normalized spacial score (nSPS) is 19.8. The number of hydrogen-bond donors (Lipinski definition) is 2. The topological polar surface area (TPSA) is 78.5 Å². The van der Waals surface area contributed by atoms with Crippen molar-refractivity contribution in [2.24, 2.45) is 0 Å². The van der Waals surface area contributed by atoms with Gasteiger partial charge in [-0.05, 0) is 50.9 Å². The molecule has 1 aliphatic heterocycles. The Balaban J connectivity index is 1.73. The van der Waals surface area contributed by atoms with Crippen molar-refractivity contribution in [2.75, 3.05) is 20.1 Å². The second kappa shape index (κ2) is 6.59. The van der Waals surface area contributed by atoms with Crippen LogP contribution >= 0.6 is 0 Å². The smallest absolute Gasteiger partial charge is 0.253 e. The Kier molecular flexibility index (Phi) is 4.70. The lowest BCUT2D eigenvalue weighted by Crippen LogP contribution is -2.44. The highest BCUT2D eigenvalue weighted by atomic mass is 32.2. The number of carbonyl (C=O) groups is 1. The van der Waals surface area contributed by atoms with Gasteiger partial charge in [0, 0.05) is 30.7 Å². The first-order valence-corrected chi connectivity index (χ1v) is 9.57. The zero-order chi connectivity index (χ0) is 16.4. The van der Waals surface area contributed by atoms with Gasteiger partial charge in [0.1, 0.15) is 0 Å². The fourth-order valence-corrected chi connectivity index (χ4v) is 4.19. The predicted molar refractivity (Wildman–Crippen MR) is 87.8 cm³/mol. The van der Waals surface area contributed by atoms with Gasteiger partial charge >= 0.3 is 0 Å². The Labute approximate surface area is 137 Å². The third-order valence-corrected chi connectivity index (χ3v) is 6.00. The van der Waals surface area contributed by atoms with E-state index in [9.17, 15) is 13.2 Å². The predicted octanol–water partition coefficient (Wildman–Crippen LogP) is 0.951. The van der Waals surface area contributed by atoms with Gasteiger partial charge in [-0.3, -0.25) is 4.79 Å². The molecule has 0 bridgehead atoms. The van der Waals surface area contributed by atoms with E-state index < -0.39 is 10.0 Å². The van der Waals surface area contributed by atoms with Crippen LogP contribution in [0.3, 0.4) is 0 Å². The number of piperidine rings is 1. The number of nitrogens with zero attached hydrogens (tertiary/aromatic N) is 1. The summed E-state index contributed by atoms with van der Waals surface area (Å²) < 4.78 is 27.2. The van der Waals surface area contributed by atoms with Crippen molar-refractivity contribution in [3.63, 3.8) is 0 Å². The van der Waals surface area contributed by atoms with Crippen LogP contribution in [-0.2, 0) is 10.0 Å². The minimum Gasteiger partial charge on any atom is -0.339 e. The Bertz CT molecular complexity index is 678. The van der Waals surface area contributed by atoms with Crippen molar-refractivity contribution >= 4 is 15.9 Å². The van der Waals surface area contributed by atoms with Gasteiger partial charge in [0.25, 0.3) is 5.91 Å². The monoisotopic (exact) mass is 337 g/mol. The lowest BCUT2D eigenvalue weighted by molar-refractivity contribution is 0.0707. The van der Waals surface area contributed by atoms with Crippen LogP contribution in [0.1, 0.15) is 36.0 Å². The molecule has 23 heavy (non-hydrogen) atoms. The fourth-order valence-electron chi connectivity index (χ4n) is 2.84. The highest BCUT2D eigenvalue weighted by Gasteiger charge is 2.29. The van der Waals surface area contributed by atoms with E-state index in [1.165, 1.54) is 12.1 Å². The van der Waals surface area contributed by atoms with Crippen LogP contribution in [-0.4, -0.2) is 51.4 Å². The Morgan fingerprint density at radius 2 is 1.83 bits per heavy atom. The van der Waals surface area contributed by atoms with Crippen molar-refractivity contribution in [3.05, 3.63) is 29.8 Å². The minimum absolute atomic E-state index is 0.0555.